The number of nitrogens with zero attached hydrogens (tertiary/aromatic N) is 1. The first-order valence-corrected chi connectivity index (χ1v) is 7.27. The van der Waals surface area contributed by atoms with E-state index in [1.165, 1.54) is 0 Å². The number of morpholine rings is 1. The minimum Gasteiger partial charge on any atom is -0.392 e. The average Bonchev–Trinajstić information content (AvgIpc) is 2.96. The van der Waals surface area contributed by atoms with E-state index in [-0.39, 0.29) is 18.1 Å². The fourth-order valence-electron chi connectivity index (χ4n) is 3.63. The van der Waals surface area contributed by atoms with Gasteiger partial charge in [0.2, 0.25) is 5.91 Å². The van der Waals surface area contributed by atoms with Crippen LogP contribution in [-0.4, -0.2) is 41.1 Å². The number of thiocarbonyl (C=S) groups is 1. The van der Waals surface area contributed by atoms with Gasteiger partial charge in [0, 0.05) is 13.1 Å². The zero-order valence-corrected chi connectivity index (χ0v) is 11.4. The van der Waals surface area contributed by atoms with Crippen molar-refractivity contribution >= 4 is 23.1 Å². The lowest BCUT2D eigenvalue weighted by Crippen LogP contribution is -2.54. The summed E-state index contributed by atoms with van der Waals surface area (Å²) in [5.74, 6) is 0.160. The van der Waals surface area contributed by atoms with Crippen molar-refractivity contribution in [1.82, 2.24) is 4.90 Å². The lowest BCUT2D eigenvalue weighted by Gasteiger charge is -2.38. The predicted molar refractivity (Wildman–Crippen MR) is 72.2 cm³/mol. The average molecular weight is 268 g/mol. The molecule has 0 aromatic rings. The molecule has 1 saturated carbocycles. The Morgan fingerprint density at radius 1 is 1.22 bits per heavy atom. The normalized spacial score (nSPS) is 33.7. The largest absolute Gasteiger partial charge is 0.392 e. The molecule has 4 nitrogen and oxygen atoms in total. The molecular formula is C13H20N2O2S. The number of amides is 1. The number of hydrogen-bond acceptors (Lipinski definition) is 3. The van der Waals surface area contributed by atoms with Crippen LogP contribution in [-0.2, 0) is 9.53 Å². The summed E-state index contributed by atoms with van der Waals surface area (Å²) in [6.45, 7) is 1.44. The van der Waals surface area contributed by atoms with Crippen LogP contribution in [0.15, 0.2) is 0 Å². The van der Waals surface area contributed by atoms with E-state index >= 15 is 0 Å². The highest BCUT2D eigenvalue weighted by Gasteiger charge is 2.48. The van der Waals surface area contributed by atoms with Gasteiger partial charge < -0.3 is 15.4 Å². The molecule has 2 bridgehead atoms. The van der Waals surface area contributed by atoms with Crippen molar-refractivity contribution in [1.29, 1.82) is 0 Å². The van der Waals surface area contributed by atoms with Crippen LogP contribution in [0.5, 0.6) is 0 Å². The number of likely N-dealkylation sites (tertiary alicyclic amines) is 1. The Morgan fingerprint density at radius 2 is 1.78 bits per heavy atom. The van der Waals surface area contributed by atoms with E-state index in [2.05, 4.69) is 0 Å². The van der Waals surface area contributed by atoms with Crippen LogP contribution < -0.4 is 5.73 Å². The molecular weight excluding hydrogens is 248 g/mol. The van der Waals surface area contributed by atoms with E-state index in [0.29, 0.717) is 4.99 Å². The first kappa shape index (κ1) is 12.4. The molecule has 5 heteroatoms. The molecule has 3 fully saturated rings. The molecule has 2 unspecified atom stereocenters. The third-order valence-corrected chi connectivity index (χ3v) is 5.06. The predicted octanol–water partition coefficient (Wildman–Crippen LogP) is 1.22. The summed E-state index contributed by atoms with van der Waals surface area (Å²) < 4.78 is 5.78. The second-order valence-corrected chi connectivity index (χ2v) is 6.26. The molecule has 100 valence electrons. The third-order valence-electron chi connectivity index (χ3n) is 4.67. The number of nitrogens with two attached hydrogens (primary N) is 1. The number of carbonyl (C=O) groups excluding carboxylic acids is 1. The Kier molecular flexibility index (Phi) is 3.06. The van der Waals surface area contributed by atoms with Crippen LogP contribution in [0.25, 0.3) is 0 Å². The van der Waals surface area contributed by atoms with Gasteiger partial charge in [-0.1, -0.05) is 25.1 Å². The maximum Gasteiger partial charge on any atom is 0.235 e. The van der Waals surface area contributed by atoms with Gasteiger partial charge in [0.1, 0.15) is 0 Å². The topological polar surface area (TPSA) is 55.6 Å². The van der Waals surface area contributed by atoms with Crippen LogP contribution >= 0.6 is 12.2 Å². The lowest BCUT2D eigenvalue weighted by molar-refractivity contribution is -0.146. The first-order chi connectivity index (χ1) is 8.62. The lowest BCUT2D eigenvalue weighted by atomic mass is 9.84. The van der Waals surface area contributed by atoms with Crippen LogP contribution in [0.4, 0.5) is 0 Å². The first-order valence-electron chi connectivity index (χ1n) is 6.86. The van der Waals surface area contributed by atoms with Crippen molar-refractivity contribution < 1.29 is 9.53 Å². The van der Waals surface area contributed by atoms with Crippen LogP contribution in [0, 0.1) is 5.41 Å². The second kappa shape index (κ2) is 4.46. The van der Waals surface area contributed by atoms with E-state index in [4.69, 9.17) is 22.7 Å². The quantitative estimate of drug-likeness (QED) is 0.765. The SMILES string of the molecule is NC(=S)C1(C(=O)N2CC3CCC(C2)O3)CCCC1. The van der Waals surface area contributed by atoms with Crippen LogP contribution in [0.2, 0.25) is 0 Å². The van der Waals surface area contributed by atoms with Crippen molar-refractivity contribution in [3.8, 4) is 0 Å². The number of carbonyl (C=O) groups is 1. The second-order valence-electron chi connectivity index (χ2n) is 5.82. The molecule has 0 aromatic carbocycles. The van der Waals surface area contributed by atoms with E-state index in [9.17, 15) is 4.79 Å². The Bertz CT molecular complexity index is 367. The fraction of sp³-hybridized carbons (Fsp3) is 0.846. The van der Waals surface area contributed by atoms with E-state index in [0.717, 1.165) is 51.6 Å². The fourth-order valence-corrected chi connectivity index (χ4v) is 3.92. The molecule has 0 radical (unpaired) electrons. The zero-order chi connectivity index (χ0) is 12.8. The van der Waals surface area contributed by atoms with Gasteiger partial charge in [-0.05, 0) is 25.7 Å². The summed E-state index contributed by atoms with van der Waals surface area (Å²) in [6, 6.07) is 0. The molecule has 1 amide bonds. The van der Waals surface area contributed by atoms with Crippen LogP contribution in [0.1, 0.15) is 38.5 Å². The molecule has 1 aliphatic carbocycles. The van der Waals surface area contributed by atoms with Crippen molar-refractivity contribution in [3.63, 3.8) is 0 Å². The van der Waals surface area contributed by atoms with Gasteiger partial charge in [-0.2, -0.15) is 0 Å². The van der Waals surface area contributed by atoms with Crippen molar-refractivity contribution in [2.24, 2.45) is 11.1 Å². The highest BCUT2D eigenvalue weighted by Crippen LogP contribution is 2.41. The van der Waals surface area contributed by atoms with Gasteiger partial charge in [0.15, 0.2) is 0 Å². The molecule has 2 atom stereocenters. The monoisotopic (exact) mass is 268 g/mol. The Labute approximate surface area is 113 Å². The Balaban J connectivity index is 1.79. The Morgan fingerprint density at radius 3 is 2.28 bits per heavy atom. The number of ether oxygens (including phenoxy) is 1. The molecule has 2 saturated heterocycles. The summed E-state index contributed by atoms with van der Waals surface area (Å²) in [5, 5.41) is 0. The highest BCUT2D eigenvalue weighted by atomic mass is 32.1. The molecule has 3 rings (SSSR count). The highest BCUT2D eigenvalue weighted by molar-refractivity contribution is 7.80. The number of fused-ring (bicyclic) bond motifs is 2. The zero-order valence-electron chi connectivity index (χ0n) is 10.6. The summed E-state index contributed by atoms with van der Waals surface area (Å²) in [4.78, 5) is 15.1. The molecule has 2 heterocycles. The van der Waals surface area contributed by atoms with E-state index in [1.54, 1.807) is 0 Å². The van der Waals surface area contributed by atoms with Gasteiger partial charge in [0.25, 0.3) is 0 Å². The van der Waals surface area contributed by atoms with Crippen molar-refractivity contribution in [2.75, 3.05) is 13.1 Å². The standard InChI is InChI=1S/C13H20N2O2S/c14-11(18)13(5-1-2-6-13)12(16)15-7-9-3-4-10(8-15)17-9/h9-10H,1-8H2,(H2,14,18). The smallest absolute Gasteiger partial charge is 0.235 e. The molecule has 0 spiro atoms. The maximum atomic E-state index is 12.8. The number of rotatable bonds is 2. The van der Waals surface area contributed by atoms with Crippen LogP contribution in [0.3, 0.4) is 0 Å². The number of hydrogen-bond donors (Lipinski definition) is 1. The van der Waals surface area contributed by atoms with Gasteiger partial charge in [-0.3, -0.25) is 4.79 Å². The van der Waals surface area contributed by atoms with Gasteiger partial charge >= 0.3 is 0 Å². The Hall–Kier alpha value is -0.680. The van der Waals surface area contributed by atoms with E-state index < -0.39 is 5.41 Å². The summed E-state index contributed by atoms with van der Waals surface area (Å²) in [7, 11) is 0. The van der Waals surface area contributed by atoms with E-state index in [1.807, 2.05) is 4.90 Å². The van der Waals surface area contributed by atoms with Crippen molar-refractivity contribution in [3.05, 3.63) is 0 Å². The van der Waals surface area contributed by atoms with Gasteiger partial charge in [-0.15, -0.1) is 0 Å². The molecule has 2 N–H and O–H groups in total. The summed E-state index contributed by atoms with van der Waals surface area (Å²) in [6.07, 6.45) is 6.39. The molecule has 2 aliphatic heterocycles. The maximum absolute atomic E-state index is 12.8. The molecule has 0 aromatic heterocycles. The van der Waals surface area contributed by atoms with Gasteiger partial charge in [-0.25, -0.2) is 0 Å². The summed E-state index contributed by atoms with van der Waals surface area (Å²) in [5.41, 5.74) is 5.33. The van der Waals surface area contributed by atoms with Crippen molar-refractivity contribution in [2.45, 2.75) is 50.7 Å². The van der Waals surface area contributed by atoms with Gasteiger partial charge in [0.05, 0.1) is 22.6 Å². The third kappa shape index (κ3) is 1.84. The molecule has 18 heavy (non-hydrogen) atoms. The minimum atomic E-state index is -0.549. The molecule has 3 aliphatic rings. The minimum absolute atomic E-state index is 0.160. The summed E-state index contributed by atoms with van der Waals surface area (Å²) >= 11 is 5.19.